The molecule has 2 aromatic rings. The zero-order valence-corrected chi connectivity index (χ0v) is 16.9. The molecule has 1 radical (unpaired) electrons. The second-order valence-corrected chi connectivity index (χ2v) is 6.59. The normalized spacial score (nSPS) is 10.8. The van der Waals surface area contributed by atoms with E-state index in [4.69, 9.17) is 10.00 Å². The van der Waals surface area contributed by atoms with Gasteiger partial charge in [0.1, 0.15) is 11.6 Å². The molecule has 0 spiro atoms. The van der Waals surface area contributed by atoms with E-state index < -0.39 is 11.7 Å². The van der Waals surface area contributed by atoms with Crippen LogP contribution in [0.15, 0.2) is 54.1 Å². The predicted molar refractivity (Wildman–Crippen MR) is 111 cm³/mol. The zero-order chi connectivity index (χ0) is 21.9. The third-order valence-corrected chi connectivity index (χ3v) is 4.08. The van der Waals surface area contributed by atoms with E-state index >= 15 is 0 Å². The summed E-state index contributed by atoms with van der Waals surface area (Å²) < 4.78 is 20.0. The van der Waals surface area contributed by atoms with Gasteiger partial charge in [-0.15, -0.1) is 0 Å². The molecule has 0 aliphatic carbocycles. The van der Waals surface area contributed by atoms with E-state index in [-0.39, 0.29) is 35.8 Å². The van der Waals surface area contributed by atoms with E-state index in [2.05, 4.69) is 5.32 Å². The maximum absolute atomic E-state index is 14.6. The predicted octanol–water partition coefficient (Wildman–Crippen LogP) is 3.11. The van der Waals surface area contributed by atoms with Crippen LogP contribution in [-0.4, -0.2) is 37.4 Å². The molecule has 30 heavy (non-hydrogen) atoms. The van der Waals surface area contributed by atoms with E-state index in [1.165, 1.54) is 37.2 Å². The van der Waals surface area contributed by atoms with E-state index in [1.54, 1.807) is 18.7 Å². The van der Waals surface area contributed by atoms with Gasteiger partial charge in [0, 0.05) is 19.7 Å². The third-order valence-electron chi connectivity index (χ3n) is 4.08. The topological polar surface area (TPSA) is 82.4 Å². The van der Waals surface area contributed by atoms with Crippen LogP contribution in [-0.2, 0) is 16.0 Å². The number of benzene rings is 2. The second kappa shape index (κ2) is 11.4. The SMILES string of the molecule is CN(C)C(=O)C(C#N)=Cc1cccc(OCCC(=O)N[CH]Cc2ccccc2)c1F. The minimum Gasteiger partial charge on any atom is -0.490 e. The Balaban J connectivity index is 1.88. The Morgan fingerprint density at radius 2 is 1.90 bits per heavy atom. The summed E-state index contributed by atoms with van der Waals surface area (Å²) in [6, 6.07) is 15.9. The summed E-state index contributed by atoms with van der Waals surface area (Å²) in [7, 11) is 3.01. The quantitative estimate of drug-likeness (QED) is 0.511. The summed E-state index contributed by atoms with van der Waals surface area (Å²) in [5.74, 6) is -1.52. The summed E-state index contributed by atoms with van der Waals surface area (Å²) in [6.45, 7) is 1.64. The van der Waals surface area contributed by atoms with Crippen LogP contribution in [0.2, 0.25) is 0 Å². The summed E-state index contributed by atoms with van der Waals surface area (Å²) in [5.41, 5.74) is 0.940. The van der Waals surface area contributed by atoms with Crippen molar-refractivity contribution in [1.29, 1.82) is 5.26 Å². The van der Waals surface area contributed by atoms with Crippen molar-refractivity contribution in [3.63, 3.8) is 0 Å². The molecule has 7 heteroatoms. The molecule has 0 aromatic heterocycles. The van der Waals surface area contributed by atoms with Gasteiger partial charge in [-0.1, -0.05) is 42.5 Å². The molecule has 0 aliphatic heterocycles. The zero-order valence-electron chi connectivity index (χ0n) is 16.9. The molecule has 2 aromatic carbocycles. The summed E-state index contributed by atoms with van der Waals surface area (Å²) >= 11 is 0. The van der Waals surface area contributed by atoms with Gasteiger partial charge in [0.2, 0.25) is 5.91 Å². The van der Waals surface area contributed by atoms with Crippen molar-refractivity contribution in [3.05, 3.63) is 77.6 Å². The fourth-order valence-corrected chi connectivity index (χ4v) is 2.51. The van der Waals surface area contributed by atoms with Crippen LogP contribution in [0.4, 0.5) is 4.39 Å². The van der Waals surface area contributed by atoms with Crippen LogP contribution >= 0.6 is 0 Å². The highest BCUT2D eigenvalue weighted by Crippen LogP contribution is 2.23. The lowest BCUT2D eigenvalue weighted by atomic mass is 10.1. The Labute approximate surface area is 175 Å². The largest absolute Gasteiger partial charge is 0.490 e. The lowest BCUT2D eigenvalue weighted by Gasteiger charge is -2.11. The summed E-state index contributed by atoms with van der Waals surface area (Å²) in [5, 5.41) is 11.8. The lowest BCUT2D eigenvalue weighted by Crippen LogP contribution is -2.23. The highest BCUT2D eigenvalue weighted by atomic mass is 19.1. The molecule has 1 N–H and O–H groups in total. The molecule has 0 unspecified atom stereocenters. The number of nitrogens with zero attached hydrogens (tertiary/aromatic N) is 2. The lowest BCUT2D eigenvalue weighted by molar-refractivity contribution is -0.124. The van der Waals surface area contributed by atoms with E-state index in [1.807, 2.05) is 30.3 Å². The Kier molecular flexibility index (Phi) is 8.57. The molecule has 0 saturated heterocycles. The summed E-state index contributed by atoms with van der Waals surface area (Å²) in [6.07, 6.45) is 1.83. The Morgan fingerprint density at radius 1 is 1.17 bits per heavy atom. The molecule has 0 heterocycles. The van der Waals surface area contributed by atoms with Crippen LogP contribution in [0, 0.1) is 23.7 Å². The minimum absolute atomic E-state index is 0.0170. The molecular weight excluding hydrogens is 385 g/mol. The molecule has 0 aliphatic rings. The van der Waals surface area contributed by atoms with Crippen LogP contribution in [0.1, 0.15) is 17.5 Å². The number of hydrogen-bond donors (Lipinski definition) is 1. The first kappa shape index (κ1) is 22.6. The molecule has 2 rings (SSSR count). The van der Waals surface area contributed by atoms with E-state index in [0.717, 1.165) is 5.56 Å². The van der Waals surface area contributed by atoms with Gasteiger partial charge >= 0.3 is 0 Å². The first-order valence-corrected chi connectivity index (χ1v) is 9.32. The van der Waals surface area contributed by atoms with Crippen molar-refractivity contribution >= 4 is 17.9 Å². The Hall–Kier alpha value is -3.66. The number of carbonyl (C=O) groups excluding carboxylic acids is 2. The van der Waals surface area contributed by atoms with Crippen molar-refractivity contribution < 1.29 is 18.7 Å². The van der Waals surface area contributed by atoms with Gasteiger partial charge in [-0.2, -0.15) is 5.26 Å². The van der Waals surface area contributed by atoms with E-state index in [9.17, 15) is 14.0 Å². The molecule has 6 nitrogen and oxygen atoms in total. The maximum atomic E-state index is 14.6. The van der Waals surface area contributed by atoms with Crippen molar-refractivity contribution in [3.8, 4) is 11.8 Å². The van der Waals surface area contributed by atoms with Gasteiger partial charge in [0.05, 0.1) is 19.6 Å². The maximum Gasteiger partial charge on any atom is 0.264 e. The number of amides is 2. The first-order chi connectivity index (χ1) is 14.4. The van der Waals surface area contributed by atoms with Gasteiger partial charge in [0.25, 0.3) is 5.91 Å². The average molecular weight is 408 g/mol. The molecule has 0 atom stereocenters. The van der Waals surface area contributed by atoms with Gasteiger partial charge in [-0.25, -0.2) is 4.39 Å². The first-order valence-electron chi connectivity index (χ1n) is 9.32. The number of likely N-dealkylation sites (N-methyl/N-ethyl adjacent to an activating group) is 1. The van der Waals surface area contributed by atoms with Crippen LogP contribution in [0.25, 0.3) is 6.08 Å². The number of nitrogens with one attached hydrogen (secondary N) is 1. The van der Waals surface area contributed by atoms with E-state index in [0.29, 0.717) is 6.42 Å². The Bertz CT molecular complexity index is 950. The van der Waals surface area contributed by atoms with Crippen LogP contribution in [0.3, 0.4) is 0 Å². The summed E-state index contributed by atoms with van der Waals surface area (Å²) in [4.78, 5) is 25.1. The van der Waals surface area contributed by atoms with Gasteiger partial charge in [0.15, 0.2) is 11.6 Å². The molecule has 0 fully saturated rings. The monoisotopic (exact) mass is 408 g/mol. The molecule has 155 valence electrons. The number of hydrogen-bond acceptors (Lipinski definition) is 4. The highest BCUT2D eigenvalue weighted by molar-refractivity contribution is 6.01. The number of carbonyl (C=O) groups is 2. The number of halogens is 1. The molecule has 2 amide bonds. The number of ether oxygens (including phenoxy) is 1. The molecule has 0 bridgehead atoms. The smallest absolute Gasteiger partial charge is 0.264 e. The molecule has 0 saturated carbocycles. The van der Waals surface area contributed by atoms with Crippen molar-refractivity contribution in [2.75, 3.05) is 20.7 Å². The van der Waals surface area contributed by atoms with Gasteiger partial charge < -0.3 is 15.0 Å². The van der Waals surface area contributed by atoms with Crippen LogP contribution in [0.5, 0.6) is 5.75 Å². The van der Waals surface area contributed by atoms with Gasteiger partial charge in [-0.3, -0.25) is 9.59 Å². The van der Waals surface area contributed by atoms with Crippen LogP contribution < -0.4 is 10.1 Å². The van der Waals surface area contributed by atoms with Crippen molar-refractivity contribution in [2.45, 2.75) is 12.8 Å². The fraction of sp³-hybridized carbons (Fsp3) is 0.217. The Morgan fingerprint density at radius 3 is 2.57 bits per heavy atom. The van der Waals surface area contributed by atoms with Crippen molar-refractivity contribution in [2.24, 2.45) is 0 Å². The third kappa shape index (κ3) is 6.74. The highest BCUT2D eigenvalue weighted by Gasteiger charge is 2.14. The molecular formula is C23H23FN3O3. The average Bonchev–Trinajstić information content (AvgIpc) is 2.74. The van der Waals surface area contributed by atoms with Gasteiger partial charge in [-0.05, 0) is 24.1 Å². The standard InChI is InChI=1S/C23H23FN3O3/c1-27(2)23(29)19(16-25)15-18-9-6-10-20(22(18)24)30-14-12-21(28)26-13-11-17-7-4-3-5-8-17/h3-10,13,15H,11-12,14H2,1-2H3,(H,26,28). The fourth-order valence-electron chi connectivity index (χ4n) is 2.51. The number of nitriles is 1. The minimum atomic E-state index is -0.701. The second-order valence-electron chi connectivity index (χ2n) is 6.59. The van der Waals surface area contributed by atoms with Crippen molar-refractivity contribution in [1.82, 2.24) is 10.2 Å². The number of rotatable bonds is 9.